The number of nitrogens with one attached hydrogen (secondary N) is 1. The molecule has 5 nitrogen and oxygen atoms in total. The van der Waals surface area contributed by atoms with Crippen molar-refractivity contribution in [1.82, 2.24) is 14.9 Å². The SMILES string of the molecule is CCCCCCOc1c(CNCCCn2ccnc2)cccc1OC. The van der Waals surface area contributed by atoms with Crippen molar-refractivity contribution >= 4 is 0 Å². The van der Waals surface area contributed by atoms with Crippen molar-refractivity contribution in [1.29, 1.82) is 0 Å². The second-order valence-corrected chi connectivity index (χ2v) is 6.19. The van der Waals surface area contributed by atoms with Crippen molar-refractivity contribution in [3.63, 3.8) is 0 Å². The van der Waals surface area contributed by atoms with E-state index in [4.69, 9.17) is 9.47 Å². The zero-order valence-electron chi connectivity index (χ0n) is 15.5. The number of hydrogen-bond donors (Lipinski definition) is 1. The molecule has 1 aromatic heterocycles. The molecule has 0 aliphatic rings. The van der Waals surface area contributed by atoms with Gasteiger partial charge in [-0.15, -0.1) is 0 Å². The van der Waals surface area contributed by atoms with Gasteiger partial charge in [-0.25, -0.2) is 4.98 Å². The molecule has 0 saturated carbocycles. The molecule has 0 radical (unpaired) electrons. The topological polar surface area (TPSA) is 48.3 Å². The molecular formula is C20H31N3O2. The van der Waals surface area contributed by atoms with Crippen molar-refractivity contribution in [3.05, 3.63) is 42.5 Å². The van der Waals surface area contributed by atoms with Crippen molar-refractivity contribution in [2.45, 2.75) is 52.1 Å². The number of para-hydroxylation sites is 1. The van der Waals surface area contributed by atoms with Crippen LogP contribution in [0.3, 0.4) is 0 Å². The van der Waals surface area contributed by atoms with Crippen LogP contribution in [0.15, 0.2) is 36.9 Å². The Morgan fingerprint density at radius 2 is 2.08 bits per heavy atom. The van der Waals surface area contributed by atoms with E-state index in [2.05, 4.69) is 27.9 Å². The van der Waals surface area contributed by atoms with Crippen molar-refractivity contribution in [2.75, 3.05) is 20.3 Å². The number of nitrogens with zero attached hydrogens (tertiary/aromatic N) is 2. The lowest BCUT2D eigenvalue weighted by Gasteiger charge is -2.15. The zero-order valence-corrected chi connectivity index (χ0v) is 15.5. The Bertz CT molecular complexity index is 585. The highest BCUT2D eigenvalue weighted by Gasteiger charge is 2.10. The number of ether oxygens (including phenoxy) is 2. The number of aryl methyl sites for hydroxylation is 1. The molecule has 0 aliphatic carbocycles. The van der Waals surface area contributed by atoms with Crippen LogP contribution >= 0.6 is 0 Å². The lowest BCUT2D eigenvalue weighted by molar-refractivity contribution is 0.281. The molecular weight excluding hydrogens is 314 g/mol. The molecule has 2 aromatic rings. The summed E-state index contributed by atoms with van der Waals surface area (Å²) < 4.78 is 13.6. The summed E-state index contributed by atoms with van der Waals surface area (Å²) in [6.07, 6.45) is 11.5. The molecule has 0 saturated heterocycles. The van der Waals surface area contributed by atoms with Crippen LogP contribution in [0.2, 0.25) is 0 Å². The molecule has 2 rings (SSSR count). The summed E-state index contributed by atoms with van der Waals surface area (Å²) in [4.78, 5) is 4.06. The van der Waals surface area contributed by atoms with Crippen LogP contribution in [0.25, 0.3) is 0 Å². The normalized spacial score (nSPS) is 10.8. The second-order valence-electron chi connectivity index (χ2n) is 6.19. The fraction of sp³-hybridized carbons (Fsp3) is 0.550. The van der Waals surface area contributed by atoms with Crippen molar-refractivity contribution in [3.8, 4) is 11.5 Å². The molecule has 1 aromatic carbocycles. The van der Waals surface area contributed by atoms with E-state index in [1.165, 1.54) is 19.3 Å². The van der Waals surface area contributed by atoms with E-state index in [-0.39, 0.29) is 0 Å². The minimum Gasteiger partial charge on any atom is -0.493 e. The summed E-state index contributed by atoms with van der Waals surface area (Å²) in [7, 11) is 1.70. The third-order valence-electron chi connectivity index (χ3n) is 4.17. The number of methoxy groups -OCH3 is 1. The van der Waals surface area contributed by atoms with Gasteiger partial charge in [0.15, 0.2) is 11.5 Å². The number of unbranched alkanes of at least 4 members (excludes halogenated alkanes) is 3. The maximum atomic E-state index is 6.04. The average molecular weight is 345 g/mol. The van der Waals surface area contributed by atoms with Gasteiger partial charge in [-0.2, -0.15) is 0 Å². The summed E-state index contributed by atoms with van der Waals surface area (Å²) in [5, 5.41) is 3.50. The van der Waals surface area contributed by atoms with E-state index in [1.54, 1.807) is 7.11 Å². The van der Waals surface area contributed by atoms with E-state index >= 15 is 0 Å². The fourth-order valence-corrected chi connectivity index (χ4v) is 2.76. The van der Waals surface area contributed by atoms with Gasteiger partial charge in [-0.1, -0.05) is 38.3 Å². The first-order valence-corrected chi connectivity index (χ1v) is 9.30. The fourth-order valence-electron chi connectivity index (χ4n) is 2.76. The van der Waals surface area contributed by atoms with Gasteiger partial charge in [0.05, 0.1) is 20.0 Å². The Hall–Kier alpha value is -2.01. The number of rotatable bonds is 13. The first-order chi connectivity index (χ1) is 12.3. The number of hydrogen-bond acceptors (Lipinski definition) is 4. The van der Waals surface area contributed by atoms with E-state index in [9.17, 15) is 0 Å². The first-order valence-electron chi connectivity index (χ1n) is 9.30. The Morgan fingerprint density at radius 3 is 2.84 bits per heavy atom. The van der Waals surface area contributed by atoms with Gasteiger partial charge in [-0.05, 0) is 25.5 Å². The zero-order chi connectivity index (χ0) is 17.7. The molecule has 0 spiro atoms. The van der Waals surface area contributed by atoms with Crippen LogP contribution in [-0.2, 0) is 13.1 Å². The summed E-state index contributed by atoms with van der Waals surface area (Å²) in [6.45, 7) is 5.67. The van der Waals surface area contributed by atoms with Gasteiger partial charge in [0.1, 0.15) is 0 Å². The lowest BCUT2D eigenvalue weighted by Crippen LogP contribution is -2.17. The molecule has 138 valence electrons. The largest absolute Gasteiger partial charge is 0.493 e. The molecule has 0 unspecified atom stereocenters. The molecule has 25 heavy (non-hydrogen) atoms. The minimum atomic E-state index is 0.744. The molecule has 0 amide bonds. The first kappa shape index (κ1) is 19.3. The van der Waals surface area contributed by atoms with Gasteiger partial charge in [0, 0.05) is 31.0 Å². The Morgan fingerprint density at radius 1 is 1.16 bits per heavy atom. The molecule has 5 heteroatoms. The summed E-state index contributed by atoms with van der Waals surface area (Å²) in [5.41, 5.74) is 1.15. The number of benzene rings is 1. The van der Waals surface area contributed by atoms with E-state index < -0.39 is 0 Å². The van der Waals surface area contributed by atoms with Crippen LogP contribution in [0.1, 0.15) is 44.6 Å². The predicted molar refractivity (Wildman–Crippen MR) is 101 cm³/mol. The molecule has 0 aliphatic heterocycles. The van der Waals surface area contributed by atoms with Crippen molar-refractivity contribution in [2.24, 2.45) is 0 Å². The van der Waals surface area contributed by atoms with Crippen LogP contribution in [0, 0.1) is 0 Å². The van der Waals surface area contributed by atoms with E-state index in [0.717, 1.165) is 56.1 Å². The summed E-state index contributed by atoms with van der Waals surface area (Å²) >= 11 is 0. The highest BCUT2D eigenvalue weighted by molar-refractivity contribution is 5.46. The molecule has 1 N–H and O–H groups in total. The molecule has 1 heterocycles. The van der Waals surface area contributed by atoms with Gasteiger partial charge < -0.3 is 19.4 Å². The van der Waals surface area contributed by atoms with E-state index in [0.29, 0.717) is 0 Å². The van der Waals surface area contributed by atoms with E-state index in [1.807, 2.05) is 30.9 Å². The van der Waals surface area contributed by atoms with Gasteiger partial charge in [0.2, 0.25) is 0 Å². The van der Waals surface area contributed by atoms with Crippen molar-refractivity contribution < 1.29 is 9.47 Å². The predicted octanol–water partition coefficient (Wildman–Crippen LogP) is 4.03. The highest BCUT2D eigenvalue weighted by atomic mass is 16.5. The summed E-state index contributed by atoms with van der Waals surface area (Å²) in [5.74, 6) is 1.69. The van der Waals surface area contributed by atoms with Gasteiger partial charge in [-0.3, -0.25) is 0 Å². The van der Waals surface area contributed by atoms with Gasteiger partial charge in [0.25, 0.3) is 0 Å². The number of imidazole rings is 1. The van der Waals surface area contributed by atoms with Crippen LogP contribution < -0.4 is 14.8 Å². The monoisotopic (exact) mass is 345 g/mol. The maximum absolute atomic E-state index is 6.04. The third kappa shape index (κ3) is 6.78. The maximum Gasteiger partial charge on any atom is 0.165 e. The molecule has 0 atom stereocenters. The number of aromatic nitrogens is 2. The Kier molecular flexibility index (Phi) is 8.91. The standard InChI is InChI=1S/C20H31N3O2/c1-3-4-5-6-15-25-20-18(9-7-10-19(20)24-2)16-21-11-8-13-23-14-12-22-17-23/h7,9-10,12,14,17,21H,3-6,8,11,13,15-16H2,1-2H3. The second kappa shape index (κ2) is 11.5. The van der Waals surface area contributed by atoms with Crippen LogP contribution in [-0.4, -0.2) is 29.8 Å². The molecule has 0 fully saturated rings. The third-order valence-corrected chi connectivity index (χ3v) is 4.17. The lowest BCUT2D eigenvalue weighted by atomic mass is 10.1. The Balaban J connectivity index is 1.79. The Labute approximate surface area is 151 Å². The highest BCUT2D eigenvalue weighted by Crippen LogP contribution is 2.31. The smallest absolute Gasteiger partial charge is 0.165 e. The average Bonchev–Trinajstić information content (AvgIpc) is 3.15. The quantitative estimate of drug-likeness (QED) is 0.557. The minimum absolute atomic E-state index is 0.744. The summed E-state index contributed by atoms with van der Waals surface area (Å²) in [6, 6.07) is 6.09. The van der Waals surface area contributed by atoms with Crippen LogP contribution in [0.4, 0.5) is 0 Å². The van der Waals surface area contributed by atoms with Gasteiger partial charge >= 0.3 is 0 Å². The molecule has 0 bridgehead atoms. The van der Waals surface area contributed by atoms with Crippen LogP contribution in [0.5, 0.6) is 11.5 Å².